The molecule has 0 radical (unpaired) electrons. The maximum Gasteiger partial charge on any atom is 0.200 e. The summed E-state index contributed by atoms with van der Waals surface area (Å²) >= 11 is 3.87. The van der Waals surface area contributed by atoms with Crippen molar-refractivity contribution in [2.75, 3.05) is 31.8 Å². The van der Waals surface area contributed by atoms with Gasteiger partial charge in [0.2, 0.25) is 0 Å². The number of hydrogen-bond acceptors (Lipinski definition) is 6. The van der Waals surface area contributed by atoms with E-state index in [0.29, 0.717) is 0 Å². The van der Waals surface area contributed by atoms with Gasteiger partial charge in [-0.05, 0) is 42.0 Å². The topological polar surface area (TPSA) is 47.9 Å². The molecule has 2 saturated heterocycles. The molecule has 0 saturated carbocycles. The predicted octanol–water partition coefficient (Wildman–Crippen LogP) is 3.86. The zero-order valence-electron chi connectivity index (χ0n) is 14.3. The van der Waals surface area contributed by atoms with Crippen LogP contribution in [0.4, 0.5) is 0 Å². The van der Waals surface area contributed by atoms with E-state index in [2.05, 4.69) is 19.1 Å². The third-order valence-corrected chi connectivity index (χ3v) is 8.38. The van der Waals surface area contributed by atoms with Crippen LogP contribution in [0.15, 0.2) is 18.2 Å². The molecule has 2 aliphatic heterocycles. The lowest BCUT2D eigenvalue weighted by atomic mass is 9.99. The quantitative estimate of drug-likeness (QED) is 0.820. The van der Waals surface area contributed by atoms with Crippen LogP contribution in [0.3, 0.4) is 0 Å². The highest BCUT2D eigenvalue weighted by Crippen LogP contribution is 2.56. The summed E-state index contributed by atoms with van der Waals surface area (Å²) in [5.74, 6) is 3.86. The van der Waals surface area contributed by atoms with Crippen molar-refractivity contribution in [3.8, 4) is 11.5 Å². The van der Waals surface area contributed by atoms with Crippen molar-refractivity contribution < 1.29 is 19.3 Å². The first-order valence-corrected chi connectivity index (χ1v) is 10.5. The van der Waals surface area contributed by atoms with E-state index in [4.69, 9.17) is 14.2 Å². The first kappa shape index (κ1) is 18.2. The highest BCUT2D eigenvalue weighted by atomic mass is 32.2. The molecule has 2 fully saturated rings. The molecule has 1 aromatic rings. The summed E-state index contributed by atoms with van der Waals surface area (Å²) in [5, 5.41) is 9.81. The molecule has 0 bridgehead atoms. The fourth-order valence-corrected chi connectivity index (χ4v) is 6.68. The summed E-state index contributed by atoms with van der Waals surface area (Å²) in [7, 11) is 1.66. The third kappa shape index (κ3) is 3.66. The zero-order valence-corrected chi connectivity index (χ0v) is 16.0. The Bertz CT molecular complexity index is 540. The molecule has 2 heterocycles. The second kappa shape index (κ2) is 8.21. The smallest absolute Gasteiger partial charge is 0.200 e. The molecule has 3 rings (SSSR count). The number of aliphatic hydroxyl groups is 1. The Morgan fingerprint density at radius 1 is 1.29 bits per heavy atom. The normalized spacial score (nSPS) is 24.5. The average Bonchev–Trinajstić information content (AvgIpc) is 3.14. The van der Waals surface area contributed by atoms with Crippen molar-refractivity contribution in [2.45, 2.75) is 36.6 Å². The van der Waals surface area contributed by atoms with Gasteiger partial charge in [-0.15, -0.1) is 23.5 Å². The number of ether oxygens (including phenoxy) is 3. The molecule has 134 valence electrons. The SMILES string of the molecule is COc1ccc(C2(C(C)CO)SCCCS2)cc1OC1CCCO1. The van der Waals surface area contributed by atoms with Gasteiger partial charge < -0.3 is 19.3 Å². The van der Waals surface area contributed by atoms with E-state index in [-0.39, 0.29) is 22.9 Å². The zero-order chi connectivity index (χ0) is 17.0. The minimum Gasteiger partial charge on any atom is -0.493 e. The van der Waals surface area contributed by atoms with E-state index in [1.165, 1.54) is 12.0 Å². The summed E-state index contributed by atoms with van der Waals surface area (Å²) in [6.45, 7) is 3.05. The van der Waals surface area contributed by atoms with Crippen LogP contribution in [0, 0.1) is 5.92 Å². The first-order valence-electron chi connectivity index (χ1n) is 8.55. The fourth-order valence-electron chi connectivity index (χ4n) is 3.17. The number of hydrogen-bond donors (Lipinski definition) is 1. The van der Waals surface area contributed by atoms with E-state index in [1.807, 2.05) is 29.6 Å². The summed E-state index contributed by atoms with van der Waals surface area (Å²) < 4.78 is 17.0. The van der Waals surface area contributed by atoms with E-state index >= 15 is 0 Å². The molecule has 2 atom stereocenters. The molecule has 24 heavy (non-hydrogen) atoms. The highest BCUT2D eigenvalue weighted by Gasteiger charge is 2.41. The molecule has 2 aliphatic rings. The maximum absolute atomic E-state index is 9.81. The molecule has 6 heteroatoms. The van der Waals surface area contributed by atoms with E-state index < -0.39 is 0 Å². The van der Waals surface area contributed by atoms with Gasteiger partial charge in [-0.3, -0.25) is 0 Å². The van der Waals surface area contributed by atoms with Gasteiger partial charge in [0, 0.05) is 18.9 Å². The van der Waals surface area contributed by atoms with Gasteiger partial charge in [-0.2, -0.15) is 0 Å². The van der Waals surface area contributed by atoms with Crippen LogP contribution in [0.25, 0.3) is 0 Å². The van der Waals surface area contributed by atoms with Gasteiger partial charge in [0.15, 0.2) is 17.8 Å². The molecule has 2 unspecified atom stereocenters. The van der Waals surface area contributed by atoms with Crippen LogP contribution in [-0.2, 0) is 8.82 Å². The van der Waals surface area contributed by atoms with Crippen LogP contribution < -0.4 is 9.47 Å². The summed E-state index contributed by atoms with van der Waals surface area (Å²) in [6, 6.07) is 6.16. The minimum atomic E-state index is -0.188. The number of rotatable bonds is 6. The minimum absolute atomic E-state index is 0.131. The van der Waals surface area contributed by atoms with Crippen molar-refractivity contribution in [1.82, 2.24) is 0 Å². The second-order valence-corrected chi connectivity index (χ2v) is 9.17. The lowest BCUT2D eigenvalue weighted by molar-refractivity contribution is -0.0403. The Balaban J connectivity index is 1.93. The highest BCUT2D eigenvalue weighted by molar-refractivity contribution is 8.18. The van der Waals surface area contributed by atoms with Gasteiger partial charge in [-0.1, -0.05) is 13.0 Å². The maximum atomic E-state index is 9.81. The molecule has 4 nitrogen and oxygen atoms in total. The molecular formula is C18H26O4S2. The Hall–Kier alpha value is -0.560. The molecule has 0 aromatic heterocycles. The van der Waals surface area contributed by atoms with Crippen LogP contribution in [0.5, 0.6) is 11.5 Å². The Morgan fingerprint density at radius 2 is 2.08 bits per heavy atom. The van der Waals surface area contributed by atoms with Crippen LogP contribution in [0.2, 0.25) is 0 Å². The van der Waals surface area contributed by atoms with Crippen LogP contribution in [0.1, 0.15) is 31.7 Å². The summed E-state index contributed by atoms with van der Waals surface area (Å²) in [4.78, 5) is 0. The van der Waals surface area contributed by atoms with Gasteiger partial charge in [0.05, 0.1) is 17.8 Å². The summed E-state index contributed by atoms with van der Waals surface area (Å²) in [6.07, 6.45) is 2.97. The van der Waals surface area contributed by atoms with Gasteiger partial charge in [-0.25, -0.2) is 0 Å². The molecule has 1 aromatic carbocycles. The van der Waals surface area contributed by atoms with Crippen LogP contribution >= 0.6 is 23.5 Å². The van der Waals surface area contributed by atoms with Crippen molar-refractivity contribution in [3.05, 3.63) is 23.8 Å². The van der Waals surface area contributed by atoms with Crippen molar-refractivity contribution in [3.63, 3.8) is 0 Å². The largest absolute Gasteiger partial charge is 0.493 e. The number of thioether (sulfide) groups is 2. The first-order chi connectivity index (χ1) is 11.7. The number of aliphatic hydroxyl groups excluding tert-OH is 1. The molecule has 0 aliphatic carbocycles. The van der Waals surface area contributed by atoms with E-state index in [1.54, 1.807) is 7.11 Å². The van der Waals surface area contributed by atoms with E-state index in [0.717, 1.165) is 42.5 Å². The van der Waals surface area contributed by atoms with Crippen molar-refractivity contribution in [2.24, 2.45) is 5.92 Å². The average molecular weight is 371 g/mol. The number of benzene rings is 1. The van der Waals surface area contributed by atoms with Gasteiger partial charge in [0.25, 0.3) is 0 Å². The fraction of sp³-hybridized carbons (Fsp3) is 0.667. The van der Waals surface area contributed by atoms with Crippen molar-refractivity contribution >= 4 is 23.5 Å². The lowest BCUT2D eigenvalue weighted by Gasteiger charge is -2.41. The Kier molecular flexibility index (Phi) is 6.24. The summed E-state index contributed by atoms with van der Waals surface area (Å²) in [5.41, 5.74) is 1.19. The molecule has 0 amide bonds. The van der Waals surface area contributed by atoms with Gasteiger partial charge in [0.1, 0.15) is 0 Å². The number of methoxy groups -OCH3 is 1. The van der Waals surface area contributed by atoms with E-state index in [9.17, 15) is 5.11 Å². The molecule has 1 N–H and O–H groups in total. The Labute approximate surface area is 152 Å². The molecular weight excluding hydrogens is 344 g/mol. The monoisotopic (exact) mass is 370 g/mol. The molecule has 0 spiro atoms. The second-order valence-electron chi connectivity index (χ2n) is 6.23. The third-order valence-electron chi connectivity index (χ3n) is 4.56. The standard InChI is InChI=1S/C18H26O4S2/c1-13(12-19)18(23-9-4-10-24-18)14-6-7-15(20-2)16(11-14)22-17-5-3-8-21-17/h6-7,11,13,17,19H,3-5,8-10,12H2,1-2H3. The van der Waals surface area contributed by atoms with Gasteiger partial charge >= 0.3 is 0 Å². The lowest BCUT2D eigenvalue weighted by Crippen LogP contribution is -2.32. The Morgan fingerprint density at radius 3 is 2.71 bits per heavy atom. The predicted molar refractivity (Wildman–Crippen MR) is 100 cm³/mol. The van der Waals surface area contributed by atoms with Crippen LogP contribution in [-0.4, -0.2) is 43.2 Å². The van der Waals surface area contributed by atoms with Crippen molar-refractivity contribution in [1.29, 1.82) is 0 Å².